The lowest BCUT2D eigenvalue weighted by molar-refractivity contribution is -0.140. The minimum Gasteiger partial charge on any atom is -0.469 e. The number of esters is 1. The molecule has 88 valence electrons. The number of ether oxygens (including phenoxy) is 1. The van der Waals surface area contributed by atoms with Crippen molar-refractivity contribution in [1.29, 1.82) is 0 Å². The van der Waals surface area contributed by atoms with Gasteiger partial charge < -0.3 is 20.2 Å². The van der Waals surface area contributed by atoms with E-state index in [1.165, 1.54) is 13.2 Å². The molecule has 6 heteroatoms. The van der Waals surface area contributed by atoms with Gasteiger partial charge in [-0.25, -0.2) is 0 Å². The van der Waals surface area contributed by atoms with Crippen LogP contribution in [0.2, 0.25) is 0 Å². The summed E-state index contributed by atoms with van der Waals surface area (Å²) >= 11 is 0. The molecule has 1 aromatic heterocycles. The maximum absolute atomic E-state index is 11.4. The van der Waals surface area contributed by atoms with Gasteiger partial charge in [0.05, 0.1) is 20.1 Å². The van der Waals surface area contributed by atoms with Crippen LogP contribution >= 0.6 is 0 Å². The van der Waals surface area contributed by atoms with Gasteiger partial charge in [0.15, 0.2) is 5.76 Å². The summed E-state index contributed by atoms with van der Waals surface area (Å²) in [5.74, 6) is -0.0190. The van der Waals surface area contributed by atoms with Crippen LogP contribution in [0.25, 0.3) is 0 Å². The zero-order chi connectivity index (χ0) is 12.0. The molecule has 0 spiro atoms. The molecule has 0 atom stereocenters. The summed E-state index contributed by atoms with van der Waals surface area (Å²) in [6.07, 6.45) is 0.132. The van der Waals surface area contributed by atoms with Gasteiger partial charge in [-0.3, -0.25) is 9.59 Å². The van der Waals surface area contributed by atoms with E-state index in [4.69, 9.17) is 10.2 Å². The third-order valence-electron chi connectivity index (χ3n) is 1.93. The van der Waals surface area contributed by atoms with Crippen molar-refractivity contribution in [2.24, 2.45) is 5.73 Å². The fraction of sp³-hybridized carbons (Fsp3) is 0.400. The van der Waals surface area contributed by atoms with Crippen LogP contribution < -0.4 is 11.1 Å². The third kappa shape index (κ3) is 3.39. The predicted octanol–water partition coefficient (Wildman–Crippen LogP) is 0.0312. The highest BCUT2D eigenvalue weighted by Crippen LogP contribution is 2.06. The van der Waals surface area contributed by atoms with Crippen LogP contribution in [-0.2, 0) is 16.1 Å². The van der Waals surface area contributed by atoms with E-state index < -0.39 is 0 Å². The van der Waals surface area contributed by atoms with Crippen molar-refractivity contribution in [3.8, 4) is 0 Å². The van der Waals surface area contributed by atoms with Gasteiger partial charge in [0, 0.05) is 6.54 Å². The molecule has 0 bridgehead atoms. The Morgan fingerprint density at radius 1 is 1.50 bits per heavy atom. The fourth-order valence-corrected chi connectivity index (χ4v) is 1.08. The van der Waals surface area contributed by atoms with Gasteiger partial charge in [-0.15, -0.1) is 0 Å². The molecule has 16 heavy (non-hydrogen) atoms. The lowest BCUT2D eigenvalue weighted by Crippen LogP contribution is -2.25. The van der Waals surface area contributed by atoms with E-state index in [0.717, 1.165) is 0 Å². The number of carbonyl (C=O) groups is 2. The van der Waals surface area contributed by atoms with Crippen LogP contribution in [0.5, 0.6) is 0 Å². The summed E-state index contributed by atoms with van der Waals surface area (Å²) in [6.45, 7) is 0.458. The van der Waals surface area contributed by atoms with Gasteiger partial charge in [0.1, 0.15) is 5.76 Å². The minimum absolute atomic E-state index is 0.132. The monoisotopic (exact) mass is 226 g/mol. The molecule has 1 aromatic rings. The average Bonchev–Trinajstić information content (AvgIpc) is 2.77. The number of methoxy groups -OCH3 is 1. The number of rotatable bonds is 5. The van der Waals surface area contributed by atoms with Crippen LogP contribution in [0.3, 0.4) is 0 Å². The first-order chi connectivity index (χ1) is 7.67. The van der Waals surface area contributed by atoms with E-state index in [1.54, 1.807) is 6.07 Å². The highest BCUT2D eigenvalue weighted by molar-refractivity contribution is 5.91. The molecule has 0 saturated heterocycles. The molecule has 0 aliphatic heterocycles. The zero-order valence-electron chi connectivity index (χ0n) is 8.99. The molecule has 0 aliphatic rings. The average molecular weight is 226 g/mol. The standard InChI is InChI=1S/C10H14N2O4/c1-15-9(13)4-5-12-10(14)8-3-2-7(6-11)16-8/h2-3H,4-6,11H2,1H3,(H,12,14). The van der Waals surface area contributed by atoms with Crippen LogP contribution in [0, 0.1) is 0 Å². The van der Waals surface area contributed by atoms with Gasteiger partial charge in [-0.1, -0.05) is 0 Å². The van der Waals surface area contributed by atoms with Gasteiger partial charge in [0.2, 0.25) is 0 Å². The molecule has 0 aromatic carbocycles. The molecule has 0 unspecified atom stereocenters. The van der Waals surface area contributed by atoms with Crippen molar-refractivity contribution in [1.82, 2.24) is 5.32 Å². The number of furan rings is 1. The van der Waals surface area contributed by atoms with Crippen molar-refractivity contribution in [3.05, 3.63) is 23.7 Å². The maximum atomic E-state index is 11.4. The minimum atomic E-state index is -0.373. The molecule has 0 fully saturated rings. The molecule has 0 saturated carbocycles. The van der Waals surface area contributed by atoms with Crippen molar-refractivity contribution < 1.29 is 18.7 Å². The fourth-order valence-electron chi connectivity index (χ4n) is 1.08. The van der Waals surface area contributed by atoms with E-state index in [9.17, 15) is 9.59 Å². The maximum Gasteiger partial charge on any atom is 0.307 e. The second-order valence-corrected chi connectivity index (χ2v) is 3.05. The molecule has 6 nitrogen and oxygen atoms in total. The molecular formula is C10H14N2O4. The summed E-state index contributed by atoms with van der Waals surface area (Å²) < 4.78 is 9.55. The number of hydrogen-bond donors (Lipinski definition) is 2. The quantitative estimate of drug-likeness (QED) is 0.691. The summed E-state index contributed by atoms with van der Waals surface area (Å²) in [6, 6.07) is 3.17. The Morgan fingerprint density at radius 3 is 2.81 bits per heavy atom. The Labute approximate surface area is 92.7 Å². The van der Waals surface area contributed by atoms with Gasteiger partial charge >= 0.3 is 5.97 Å². The molecule has 1 heterocycles. The number of hydrogen-bond acceptors (Lipinski definition) is 5. The second kappa shape index (κ2) is 5.92. The number of nitrogens with two attached hydrogens (primary N) is 1. The Kier molecular flexibility index (Phi) is 4.53. The van der Waals surface area contributed by atoms with Crippen LogP contribution in [-0.4, -0.2) is 25.5 Å². The summed E-state index contributed by atoms with van der Waals surface area (Å²) in [7, 11) is 1.30. The van der Waals surface area contributed by atoms with Crippen molar-refractivity contribution >= 4 is 11.9 Å². The Balaban J connectivity index is 2.38. The van der Waals surface area contributed by atoms with Gasteiger partial charge in [-0.05, 0) is 12.1 Å². The first-order valence-corrected chi connectivity index (χ1v) is 4.81. The summed E-state index contributed by atoms with van der Waals surface area (Å²) in [5.41, 5.74) is 5.33. The first kappa shape index (κ1) is 12.3. The molecule has 3 N–H and O–H groups in total. The highest BCUT2D eigenvalue weighted by Gasteiger charge is 2.10. The summed E-state index contributed by atoms with van der Waals surface area (Å²) in [4.78, 5) is 22.2. The second-order valence-electron chi connectivity index (χ2n) is 3.05. The van der Waals surface area contributed by atoms with Crippen LogP contribution in [0.1, 0.15) is 22.7 Å². The molecule has 0 radical (unpaired) electrons. The lowest BCUT2D eigenvalue weighted by Gasteiger charge is -2.01. The smallest absolute Gasteiger partial charge is 0.307 e. The largest absolute Gasteiger partial charge is 0.469 e. The number of amides is 1. The molecule has 0 aliphatic carbocycles. The normalized spacial score (nSPS) is 9.88. The van der Waals surface area contributed by atoms with E-state index in [1.807, 2.05) is 0 Å². The van der Waals surface area contributed by atoms with E-state index in [0.29, 0.717) is 5.76 Å². The first-order valence-electron chi connectivity index (χ1n) is 4.81. The van der Waals surface area contributed by atoms with E-state index in [2.05, 4.69) is 10.1 Å². The summed E-state index contributed by atoms with van der Waals surface area (Å²) in [5, 5.41) is 2.53. The van der Waals surface area contributed by atoms with Crippen molar-refractivity contribution in [2.75, 3.05) is 13.7 Å². The van der Waals surface area contributed by atoms with E-state index in [-0.39, 0.29) is 37.1 Å². The topological polar surface area (TPSA) is 94.6 Å². The number of carbonyl (C=O) groups excluding carboxylic acids is 2. The van der Waals surface area contributed by atoms with Crippen LogP contribution in [0.15, 0.2) is 16.5 Å². The number of nitrogens with one attached hydrogen (secondary N) is 1. The van der Waals surface area contributed by atoms with Gasteiger partial charge in [0.25, 0.3) is 5.91 Å². The Hall–Kier alpha value is -1.82. The predicted molar refractivity (Wildman–Crippen MR) is 55.6 cm³/mol. The van der Waals surface area contributed by atoms with Crippen molar-refractivity contribution in [3.63, 3.8) is 0 Å². The molecule has 1 rings (SSSR count). The van der Waals surface area contributed by atoms with Crippen LogP contribution in [0.4, 0.5) is 0 Å². The lowest BCUT2D eigenvalue weighted by atomic mass is 10.4. The third-order valence-corrected chi connectivity index (χ3v) is 1.93. The molecular weight excluding hydrogens is 212 g/mol. The van der Waals surface area contributed by atoms with E-state index >= 15 is 0 Å². The molecule has 1 amide bonds. The van der Waals surface area contributed by atoms with Crippen molar-refractivity contribution in [2.45, 2.75) is 13.0 Å². The van der Waals surface area contributed by atoms with Gasteiger partial charge in [-0.2, -0.15) is 0 Å². The highest BCUT2D eigenvalue weighted by atomic mass is 16.5. The SMILES string of the molecule is COC(=O)CCNC(=O)c1ccc(CN)o1. The zero-order valence-corrected chi connectivity index (χ0v) is 8.99. The Bertz CT molecular complexity index is 373. The Morgan fingerprint density at radius 2 is 2.25 bits per heavy atom.